The average molecular weight is 276 g/mol. The summed E-state index contributed by atoms with van der Waals surface area (Å²) in [5, 5.41) is 0. The molecule has 0 amide bonds. The summed E-state index contributed by atoms with van der Waals surface area (Å²) in [7, 11) is 0. The number of esters is 1. The molecule has 0 bridgehead atoms. The Hall–Kier alpha value is -1.97. The minimum Gasteiger partial charge on any atom is -0.466 e. The van der Waals surface area contributed by atoms with Crippen molar-refractivity contribution in [3.8, 4) is 0 Å². The Bertz CT molecular complexity index is 479. The molecular formula is C16H20O4. The van der Waals surface area contributed by atoms with Crippen molar-refractivity contribution in [1.82, 2.24) is 0 Å². The Kier molecular flexibility index (Phi) is 6.64. The first kappa shape index (κ1) is 16.1. The van der Waals surface area contributed by atoms with Crippen LogP contribution in [0.25, 0.3) is 0 Å². The van der Waals surface area contributed by atoms with Gasteiger partial charge in [-0.3, -0.25) is 14.4 Å². The van der Waals surface area contributed by atoms with Crippen molar-refractivity contribution in [2.45, 2.75) is 33.1 Å². The van der Waals surface area contributed by atoms with Gasteiger partial charge in [0, 0.05) is 6.42 Å². The van der Waals surface area contributed by atoms with Gasteiger partial charge in [-0.2, -0.15) is 0 Å². The molecule has 4 nitrogen and oxygen atoms in total. The van der Waals surface area contributed by atoms with Gasteiger partial charge in [0.15, 0.2) is 12.1 Å². The van der Waals surface area contributed by atoms with Crippen LogP contribution in [-0.2, 0) is 32.0 Å². The SMILES string of the molecule is CCOC(=O)C(C)Cc1ccccc1CCC(=O)C=O. The molecule has 1 unspecified atom stereocenters. The number of benzene rings is 1. The molecule has 0 saturated carbocycles. The van der Waals surface area contributed by atoms with Crippen LogP contribution < -0.4 is 0 Å². The third-order valence-electron chi connectivity index (χ3n) is 3.11. The first-order chi connectivity index (χ1) is 9.58. The minimum atomic E-state index is -0.404. The monoisotopic (exact) mass is 276 g/mol. The zero-order valence-electron chi connectivity index (χ0n) is 11.9. The third-order valence-corrected chi connectivity index (χ3v) is 3.11. The Morgan fingerprint density at radius 3 is 2.50 bits per heavy atom. The fourth-order valence-corrected chi connectivity index (χ4v) is 2.02. The summed E-state index contributed by atoms with van der Waals surface area (Å²) in [5.74, 6) is -0.845. The van der Waals surface area contributed by atoms with E-state index in [-0.39, 0.29) is 18.3 Å². The van der Waals surface area contributed by atoms with Crippen molar-refractivity contribution < 1.29 is 19.1 Å². The quantitative estimate of drug-likeness (QED) is 0.414. The molecule has 4 heteroatoms. The van der Waals surface area contributed by atoms with Gasteiger partial charge in [0.1, 0.15) is 0 Å². The molecule has 0 heterocycles. The van der Waals surface area contributed by atoms with Crippen LogP contribution in [0.2, 0.25) is 0 Å². The maximum atomic E-state index is 11.6. The van der Waals surface area contributed by atoms with E-state index >= 15 is 0 Å². The number of carbonyl (C=O) groups excluding carboxylic acids is 3. The van der Waals surface area contributed by atoms with Gasteiger partial charge >= 0.3 is 5.97 Å². The van der Waals surface area contributed by atoms with Gasteiger partial charge in [0.05, 0.1) is 12.5 Å². The molecule has 0 aliphatic rings. The normalized spacial score (nSPS) is 11.7. The number of rotatable bonds is 8. The number of aldehydes is 1. The second kappa shape index (κ2) is 8.25. The molecule has 1 rings (SSSR count). The summed E-state index contributed by atoms with van der Waals surface area (Å²) in [6.07, 6.45) is 1.64. The molecule has 0 saturated heterocycles. The largest absolute Gasteiger partial charge is 0.466 e. The predicted molar refractivity (Wildman–Crippen MR) is 75.3 cm³/mol. The summed E-state index contributed by atoms with van der Waals surface area (Å²) in [6, 6.07) is 7.65. The fourth-order valence-electron chi connectivity index (χ4n) is 2.02. The van der Waals surface area contributed by atoms with Gasteiger partial charge in [-0.05, 0) is 30.9 Å². The van der Waals surface area contributed by atoms with Gasteiger partial charge in [-0.15, -0.1) is 0 Å². The average Bonchev–Trinajstić information content (AvgIpc) is 2.46. The van der Waals surface area contributed by atoms with Crippen molar-refractivity contribution >= 4 is 18.0 Å². The molecule has 1 atom stereocenters. The zero-order chi connectivity index (χ0) is 15.0. The number of ketones is 1. The van der Waals surface area contributed by atoms with Crippen LogP contribution in [0.15, 0.2) is 24.3 Å². The molecule has 0 N–H and O–H groups in total. The molecule has 0 radical (unpaired) electrons. The highest BCUT2D eigenvalue weighted by Crippen LogP contribution is 2.16. The van der Waals surface area contributed by atoms with Crippen LogP contribution in [0.3, 0.4) is 0 Å². The van der Waals surface area contributed by atoms with Crippen molar-refractivity contribution in [3.63, 3.8) is 0 Å². The van der Waals surface area contributed by atoms with E-state index in [0.29, 0.717) is 25.7 Å². The highest BCUT2D eigenvalue weighted by atomic mass is 16.5. The van der Waals surface area contributed by atoms with E-state index < -0.39 is 5.78 Å². The van der Waals surface area contributed by atoms with Gasteiger partial charge in [-0.25, -0.2) is 0 Å². The van der Waals surface area contributed by atoms with E-state index in [0.717, 1.165) is 11.1 Å². The topological polar surface area (TPSA) is 60.4 Å². The Morgan fingerprint density at radius 1 is 1.25 bits per heavy atom. The summed E-state index contributed by atoms with van der Waals surface area (Å²) >= 11 is 0. The maximum absolute atomic E-state index is 11.6. The Labute approximate surface area is 119 Å². The van der Waals surface area contributed by atoms with Crippen molar-refractivity contribution in [2.75, 3.05) is 6.61 Å². The van der Waals surface area contributed by atoms with Crippen LogP contribution in [-0.4, -0.2) is 24.6 Å². The van der Waals surface area contributed by atoms with E-state index in [4.69, 9.17) is 4.74 Å². The molecule has 0 spiro atoms. The van der Waals surface area contributed by atoms with E-state index in [1.54, 1.807) is 6.92 Å². The minimum absolute atomic E-state index is 0.203. The number of ether oxygens (including phenoxy) is 1. The lowest BCUT2D eigenvalue weighted by molar-refractivity contribution is -0.147. The molecule has 0 aliphatic carbocycles. The van der Waals surface area contributed by atoms with Crippen LogP contribution in [0.5, 0.6) is 0 Å². The molecule has 20 heavy (non-hydrogen) atoms. The number of Topliss-reactive ketones (excluding diaryl/α,β-unsaturated/α-hetero) is 1. The smallest absolute Gasteiger partial charge is 0.308 e. The van der Waals surface area contributed by atoms with Crippen LogP contribution in [0.4, 0.5) is 0 Å². The lowest BCUT2D eigenvalue weighted by Gasteiger charge is -2.13. The molecule has 1 aromatic carbocycles. The van der Waals surface area contributed by atoms with Crippen molar-refractivity contribution in [2.24, 2.45) is 5.92 Å². The van der Waals surface area contributed by atoms with Crippen LogP contribution in [0.1, 0.15) is 31.4 Å². The molecule has 0 aromatic heterocycles. The summed E-state index contributed by atoms with van der Waals surface area (Å²) in [4.78, 5) is 33.1. The fraction of sp³-hybridized carbons (Fsp3) is 0.438. The zero-order valence-corrected chi connectivity index (χ0v) is 11.9. The van der Waals surface area contributed by atoms with Gasteiger partial charge in [0.2, 0.25) is 0 Å². The van der Waals surface area contributed by atoms with Gasteiger partial charge < -0.3 is 4.74 Å². The van der Waals surface area contributed by atoms with E-state index in [2.05, 4.69) is 0 Å². The van der Waals surface area contributed by atoms with Crippen LogP contribution >= 0.6 is 0 Å². The number of aryl methyl sites for hydroxylation is 1. The Balaban J connectivity index is 2.72. The van der Waals surface area contributed by atoms with Crippen molar-refractivity contribution in [3.05, 3.63) is 35.4 Å². The van der Waals surface area contributed by atoms with Crippen LogP contribution in [0, 0.1) is 5.92 Å². The molecule has 0 fully saturated rings. The predicted octanol–water partition coefficient (Wildman–Crippen LogP) is 2.13. The number of hydrogen-bond acceptors (Lipinski definition) is 4. The van der Waals surface area contributed by atoms with E-state index in [1.165, 1.54) is 0 Å². The highest BCUT2D eigenvalue weighted by Gasteiger charge is 2.16. The summed E-state index contributed by atoms with van der Waals surface area (Å²) < 4.78 is 4.99. The molecule has 1 aromatic rings. The summed E-state index contributed by atoms with van der Waals surface area (Å²) in [6.45, 7) is 3.98. The number of carbonyl (C=O) groups is 3. The third kappa shape index (κ3) is 4.96. The van der Waals surface area contributed by atoms with Gasteiger partial charge in [-0.1, -0.05) is 31.2 Å². The molecular weight excluding hydrogens is 256 g/mol. The first-order valence-corrected chi connectivity index (χ1v) is 6.79. The first-order valence-electron chi connectivity index (χ1n) is 6.79. The highest BCUT2D eigenvalue weighted by molar-refractivity contribution is 6.24. The van der Waals surface area contributed by atoms with E-state index in [1.807, 2.05) is 31.2 Å². The maximum Gasteiger partial charge on any atom is 0.308 e. The van der Waals surface area contributed by atoms with Crippen molar-refractivity contribution in [1.29, 1.82) is 0 Å². The standard InChI is InChI=1S/C16H20O4/c1-3-20-16(19)12(2)10-14-7-5-4-6-13(14)8-9-15(18)11-17/h4-7,11-12H,3,8-10H2,1-2H3. The van der Waals surface area contributed by atoms with E-state index in [9.17, 15) is 14.4 Å². The summed E-state index contributed by atoms with van der Waals surface area (Å²) in [5.41, 5.74) is 2.02. The lowest BCUT2D eigenvalue weighted by Crippen LogP contribution is -2.17. The lowest BCUT2D eigenvalue weighted by atomic mass is 9.94. The number of hydrogen-bond donors (Lipinski definition) is 0. The molecule has 108 valence electrons. The van der Waals surface area contributed by atoms with Gasteiger partial charge in [0.25, 0.3) is 0 Å². The molecule has 0 aliphatic heterocycles. The second-order valence-corrected chi connectivity index (χ2v) is 4.71. The Morgan fingerprint density at radius 2 is 1.90 bits per heavy atom. The second-order valence-electron chi connectivity index (χ2n) is 4.71.